The molecule has 0 aromatic heterocycles. The zero-order valence-corrected chi connectivity index (χ0v) is 10.2. The lowest BCUT2D eigenvalue weighted by molar-refractivity contribution is 0.114. The summed E-state index contributed by atoms with van der Waals surface area (Å²) in [5.74, 6) is 0.263. The van der Waals surface area contributed by atoms with Crippen molar-refractivity contribution in [2.75, 3.05) is 31.7 Å². The SMILES string of the molecule is CS(=O)(=O)CCC1CCCCN1CCO. The summed E-state index contributed by atoms with van der Waals surface area (Å²) in [6.07, 6.45) is 5.40. The molecule has 0 radical (unpaired) electrons. The highest BCUT2D eigenvalue weighted by Crippen LogP contribution is 2.19. The third-order valence-corrected chi connectivity index (χ3v) is 3.94. The van der Waals surface area contributed by atoms with Gasteiger partial charge >= 0.3 is 0 Å². The van der Waals surface area contributed by atoms with Gasteiger partial charge < -0.3 is 5.11 Å². The van der Waals surface area contributed by atoms with E-state index < -0.39 is 9.84 Å². The highest BCUT2D eigenvalue weighted by molar-refractivity contribution is 7.90. The molecule has 1 N–H and O–H groups in total. The predicted octanol–water partition coefficient (Wildman–Crippen LogP) is 0.268. The molecule has 1 aliphatic heterocycles. The Morgan fingerprint density at radius 1 is 1.40 bits per heavy atom. The van der Waals surface area contributed by atoms with E-state index in [0.717, 1.165) is 19.4 Å². The number of aliphatic hydroxyl groups excluding tert-OH is 1. The summed E-state index contributed by atoms with van der Waals surface area (Å²) >= 11 is 0. The molecule has 0 aromatic carbocycles. The molecule has 0 bridgehead atoms. The van der Waals surface area contributed by atoms with Gasteiger partial charge in [-0.25, -0.2) is 8.42 Å². The van der Waals surface area contributed by atoms with E-state index in [2.05, 4.69) is 4.90 Å². The lowest BCUT2D eigenvalue weighted by atomic mass is 10.0. The first-order chi connectivity index (χ1) is 7.03. The predicted molar refractivity (Wildman–Crippen MR) is 60.6 cm³/mol. The smallest absolute Gasteiger partial charge is 0.147 e. The Bertz CT molecular complexity index is 274. The van der Waals surface area contributed by atoms with E-state index in [9.17, 15) is 8.42 Å². The fourth-order valence-electron chi connectivity index (χ4n) is 2.16. The van der Waals surface area contributed by atoms with Crippen LogP contribution in [0.25, 0.3) is 0 Å². The van der Waals surface area contributed by atoms with Crippen LogP contribution in [-0.4, -0.2) is 56.2 Å². The molecule has 0 aliphatic carbocycles. The molecule has 4 nitrogen and oxygen atoms in total. The second-order valence-corrected chi connectivity index (χ2v) is 6.59. The average molecular weight is 235 g/mol. The molecule has 90 valence electrons. The lowest BCUT2D eigenvalue weighted by Gasteiger charge is -2.35. The molecule has 1 saturated heterocycles. The van der Waals surface area contributed by atoms with E-state index in [4.69, 9.17) is 5.11 Å². The second-order valence-electron chi connectivity index (χ2n) is 4.33. The monoisotopic (exact) mass is 235 g/mol. The van der Waals surface area contributed by atoms with Crippen molar-refractivity contribution in [2.45, 2.75) is 31.7 Å². The molecular formula is C10H21NO3S. The van der Waals surface area contributed by atoms with Crippen LogP contribution in [0.1, 0.15) is 25.7 Å². The fourth-order valence-corrected chi connectivity index (χ4v) is 2.86. The maximum absolute atomic E-state index is 11.1. The average Bonchev–Trinajstić information content (AvgIpc) is 2.16. The number of aliphatic hydroxyl groups is 1. The number of likely N-dealkylation sites (tertiary alicyclic amines) is 1. The summed E-state index contributed by atoms with van der Waals surface area (Å²) in [6.45, 7) is 1.83. The lowest BCUT2D eigenvalue weighted by Crippen LogP contribution is -2.42. The van der Waals surface area contributed by atoms with Crippen LogP contribution in [0.15, 0.2) is 0 Å². The number of hydrogen-bond acceptors (Lipinski definition) is 4. The van der Waals surface area contributed by atoms with Crippen LogP contribution in [0.2, 0.25) is 0 Å². The van der Waals surface area contributed by atoms with Gasteiger partial charge in [-0.15, -0.1) is 0 Å². The highest BCUT2D eigenvalue weighted by Gasteiger charge is 2.22. The van der Waals surface area contributed by atoms with Gasteiger partial charge in [0.05, 0.1) is 12.4 Å². The summed E-state index contributed by atoms with van der Waals surface area (Å²) < 4.78 is 22.1. The quantitative estimate of drug-likeness (QED) is 0.743. The Kier molecular flexibility index (Phi) is 5.02. The van der Waals surface area contributed by atoms with E-state index in [1.54, 1.807) is 0 Å². The molecule has 15 heavy (non-hydrogen) atoms. The Morgan fingerprint density at radius 3 is 2.73 bits per heavy atom. The first kappa shape index (κ1) is 12.9. The number of piperidine rings is 1. The van der Waals surface area contributed by atoms with Crippen LogP contribution in [0.5, 0.6) is 0 Å². The molecule has 0 saturated carbocycles. The number of nitrogens with zero attached hydrogens (tertiary/aromatic N) is 1. The Hall–Kier alpha value is -0.130. The molecule has 1 heterocycles. The maximum atomic E-state index is 11.1. The number of hydrogen-bond donors (Lipinski definition) is 1. The van der Waals surface area contributed by atoms with Gasteiger partial charge in [0.25, 0.3) is 0 Å². The van der Waals surface area contributed by atoms with E-state index in [1.807, 2.05) is 0 Å². The minimum absolute atomic E-state index is 0.162. The zero-order valence-electron chi connectivity index (χ0n) is 9.35. The fraction of sp³-hybridized carbons (Fsp3) is 1.00. The first-order valence-corrected chi connectivity index (χ1v) is 7.61. The standard InChI is InChI=1S/C10H21NO3S/c1-15(13,14)9-5-10-4-2-3-6-11(10)7-8-12/h10,12H,2-9H2,1H3. The zero-order chi connectivity index (χ0) is 11.3. The van der Waals surface area contributed by atoms with Gasteiger partial charge in [0.1, 0.15) is 9.84 Å². The Labute approximate surface area is 92.2 Å². The summed E-state index contributed by atoms with van der Waals surface area (Å²) in [6, 6.07) is 0.348. The molecule has 0 aromatic rings. The van der Waals surface area contributed by atoms with Gasteiger partial charge in [-0.3, -0.25) is 4.90 Å². The van der Waals surface area contributed by atoms with Crippen molar-refractivity contribution in [1.82, 2.24) is 4.90 Å². The van der Waals surface area contributed by atoms with Gasteiger partial charge in [-0.1, -0.05) is 6.42 Å². The maximum Gasteiger partial charge on any atom is 0.147 e. The van der Waals surface area contributed by atoms with Crippen LogP contribution in [0, 0.1) is 0 Å². The van der Waals surface area contributed by atoms with Crippen LogP contribution in [-0.2, 0) is 9.84 Å². The summed E-state index contributed by atoms with van der Waals surface area (Å²) in [5.41, 5.74) is 0. The van der Waals surface area contributed by atoms with E-state index in [-0.39, 0.29) is 12.4 Å². The normalized spacial score (nSPS) is 24.3. The largest absolute Gasteiger partial charge is 0.395 e. The van der Waals surface area contributed by atoms with Crippen molar-refractivity contribution in [2.24, 2.45) is 0 Å². The van der Waals surface area contributed by atoms with Crippen molar-refractivity contribution in [3.63, 3.8) is 0 Å². The Morgan fingerprint density at radius 2 is 2.13 bits per heavy atom. The molecular weight excluding hydrogens is 214 g/mol. The number of β-amino-alcohol motifs (C(OH)–C–C–N with tert-alkyl or cyclic N) is 1. The van der Waals surface area contributed by atoms with E-state index in [1.165, 1.54) is 12.7 Å². The molecule has 1 rings (SSSR count). The topological polar surface area (TPSA) is 57.6 Å². The van der Waals surface area contributed by atoms with Crippen molar-refractivity contribution in [3.8, 4) is 0 Å². The number of rotatable bonds is 5. The molecule has 1 unspecified atom stereocenters. The molecule has 5 heteroatoms. The molecule has 0 amide bonds. The third kappa shape index (κ3) is 4.95. The van der Waals surface area contributed by atoms with E-state index in [0.29, 0.717) is 19.0 Å². The minimum atomic E-state index is -2.85. The second kappa shape index (κ2) is 5.82. The molecule has 1 atom stereocenters. The molecule has 1 aliphatic rings. The van der Waals surface area contributed by atoms with Gasteiger partial charge in [0.15, 0.2) is 0 Å². The summed E-state index contributed by atoms with van der Waals surface area (Å²) in [4.78, 5) is 2.22. The van der Waals surface area contributed by atoms with Crippen molar-refractivity contribution >= 4 is 9.84 Å². The van der Waals surface area contributed by atoms with Crippen molar-refractivity contribution < 1.29 is 13.5 Å². The Balaban J connectivity index is 2.42. The summed E-state index contributed by atoms with van der Waals surface area (Å²) in [5, 5.41) is 8.90. The van der Waals surface area contributed by atoms with Gasteiger partial charge in [0, 0.05) is 18.8 Å². The third-order valence-electron chi connectivity index (χ3n) is 2.96. The van der Waals surface area contributed by atoms with E-state index >= 15 is 0 Å². The highest BCUT2D eigenvalue weighted by atomic mass is 32.2. The summed E-state index contributed by atoms with van der Waals surface area (Å²) in [7, 11) is -2.85. The van der Waals surface area contributed by atoms with Crippen molar-refractivity contribution in [3.05, 3.63) is 0 Å². The molecule has 0 spiro atoms. The first-order valence-electron chi connectivity index (χ1n) is 5.55. The van der Waals surface area contributed by atoms with Gasteiger partial charge in [0.2, 0.25) is 0 Å². The minimum Gasteiger partial charge on any atom is -0.395 e. The van der Waals surface area contributed by atoms with Crippen LogP contribution in [0.3, 0.4) is 0 Å². The van der Waals surface area contributed by atoms with Crippen molar-refractivity contribution in [1.29, 1.82) is 0 Å². The van der Waals surface area contributed by atoms with Crippen LogP contribution < -0.4 is 0 Å². The number of sulfone groups is 1. The van der Waals surface area contributed by atoms with Gasteiger partial charge in [-0.05, 0) is 25.8 Å². The van der Waals surface area contributed by atoms with Gasteiger partial charge in [-0.2, -0.15) is 0 Å². The molecule has 1 fully saturated rings. The van der Waals surface area contributed by atoms with Crippen LogP contribution in [0.4, 0.5) is 0 Å². The van der Waals surface area contributed by atoms with Crippen LogP contribution >= 0.6 is 0 Å².